The van der Waals surface area contributed by atoms with Gasteiger partial charge in [0.1, 0.15) is 5.75 Å². The van der Waals surface area contributed by atoms with E-state index in [-0.39, 0.29) is 6.47 Å². The molecule has 2 N–H and O–H groups in total. The van der Waals surface area contributed by atoms with Gasteiger partial charge in [0.15, 0.2) is 0 Å². The number of carbonyl (C=O) groups is 1. The Kier molecular flexibility index (Phi) is 5.88. The van der Waals surface area contributed by atoms with Gasteiger partial charge in [0, 0.05) is 44.0 Å². The molecule has 0 aromatic heterocycles. The van der Waals surface area contributed by atoms with Crippen molar-refractivity contribution in [2.75, 3.05) is 31.1 Å². The van der Waals surface area contributed by atoms with Crippen LogP contribution in [-0.2, 0) is 4.79 Å². The van der Waals surface area contributed by atoms with Crippen LogP contribution in [0.4, 0.5) is 5.69 Å². The normalized spacial score (nSPS) is 23.9. The molecule has 2 fully saturated rings. The van der Waals surface area contributed by atoms with E-state index >= 15 is 0 Å². The molecule has 23 heavy (non-hydrogen) atoms. The van der Waals surface area contributed by atoms with Crippen LogP contribution in [0.2, 0.25) is 0 Å². The number of rotatable bonds is 2. The summed E-state index contributed by atoms with van der Waals surface area (Å²) < 4.78 is 0. The monoisotopic (exact) mass is 320 g/mol. The lowest BCUT2D eigenvalue weighted by Crippen LogP contribution is -2.50. The number of hydrogen-bond acceptors (Lipinski definition) is 4. The molecule has 5 nitrogen and oxygen atoms in total. The standard InChI is InChI=1S/C17H26N2O.CH2O2/c1-17(2)7-6-15(13-17)19-10-8-18(9-11-19)14-4-3-5-16(20)12-14;2-1-3/h3-5,12,15,20H,6-11,13H2,1-2H3;1H,(H,2,3). The van der Waals surface area contributed by atoms with E-state index in [0.717, 1.165) is 37.9 Å². The SMILES string of the molecule is CC1(C)CCC(N2CCN(c3cccc(O)c3)CC2)C1.O=CO. The van der Waals surface area contributed by atoms with Gasteiger partial charge < -0.3 is 15.1 Å². The first-order valence-corrected chi connectivity index (χ1v) is 8.31. The number of benzene rings is 1. The van der Waals surface area contributed by atoms with Gasteiger partial charge in [0.2, 0.25) is 0 Å². The highest BCUT2D eigenvalue weighted by atomic mass is 16.3. The van der Waals surface area contributed by atoms with E-state index in [0.29, 0.717) is 11.2 Å². The Morgan fingerprint density at radius 1 is 1.22 bits per heavy atom. The van der Waals surface area contributed by atoms with E-state index < -0.39 is 0 Å². The largest absolute Gasteiger partial charge is 0.508 e. The van der Waals surface area contributed by atoms with Crippen molar-refractivity contribution in [1.82, 2.24) is 4.90 Å². The number of phenolic OH excluding ortho intramolecular Hbond substituents is 1. The van der Waals surface area contributed by atoms with E-state index in [1.807, 2.05) is 12.1 Å². The van der Waals surface area contributed by atoms with Crippen molar-refractivity contribution >= 4 is 12.2 Å². The van der Waals surface area contributed by atoms with Gasteiger partial charge in [-0.05, 0) is 36.8 Å². The van der Waals surface area contributed by atoms with Crippen molar-refractivity contribution in [1.29, 1.82) is 0 Å². The maximum Gasteiger partial charge on any atom is 0.290 e. The molecule has 128 valence electrons. The van der Waals surface area contributed by atoms with Gasteiger partial charge in [-0.3, -0.25) is 9.69 Å². The highest BCUT2D eigenvalue weighted by molar-refractivity contribution is 5.50. The van der Waals surface area contributed by atoms with Gasteiger partial charge in [0.05, 0.1) is 0 Å². The molecule has 1 saturated carbocycles. The Morgan fingerprint density at radius 3 is 2.39 bits per heavy atom. The van der Waals surface area contributed by atoms with E-state index in [9.17, 15) is 5.11 Å². The summed E-state index contributed by atoms with van der Waals surface area (Å²) in [6.45, 7) is 8.99. The number of hydrogen-bond donors (Lipinski definition) is 2. The minimum atomic E-state index is -0.250. The van der Waals surface area contributed by atoms with Gasteiger partial charge >= 0.3 is 0 Å². The molecule has 0 radical (unpaired) electrons. The average molecular weight is 320 g/mol. The number of phenols is 1. The van der Waals surface area contributed by atoms with Gasteiger partial charge in [0.25, 0.3) is 6.47 Å². The number of anilines is 1. The van der Waals surface area contributed by atoms with Crippen molar-refractivity contribution in [2.45, 2.75) is 39.2 Å². The molecule has 1 aliphatic carbocycles. The van der Waals surface area contributed by atoms with Crippen LogP contribution in [0.5, 0.6) is 5.75 Å². The van der Waals surface area contributed by atoms with E-state index in [2.05, 4.69) is 29.7 Å². The molecule has 1 aromatic carbocycles. The first-order chi connectivity index (χ1) is 10.9. The summed E-state index contributed by atoms with van der Waals surface area (Å²) in [6.07, 6.45) is 4.07. The van der Waals surface area contributed by atoms with E-state index in [1.165, 1.54) is 19.3 Å². The molecule has 3 rings (SSSR count). The number of aromatic hydroxyl groups is 1. The molecule has 2 aliphatic rings. The second-order valence-electron chi connectivity index (χ2n) is 7.21. The van der Waals surface area contributed by atoms with Gasteiger partial charge in [-0.25, -0.2) is 0 Å². The Hall–Kier alpha value is -1.75. The molecular weight excluding hydrogens is 292 g/mol. The van der Waals surface area contributed by atoms with Crippen LogP contribution in [0.25, 0.3) is 0 Å². The lowest BCUT2D eigenvalue weighted by Gasteiger charge is -2.39. The highest BCUT2D eigenvalue weighted by Crippen LogP contribution is 2.39. The zero-order chi connectivity index (χ0) is 16.9. The second kappa shape index (κ2) is 7.68. The fraction of sp³-hybridized carbons (Fsp3) is 0.611. The first kappa shape index (κ1) is 17.6. The Labute approximate surface area is 138 Å². The summed E-state index contributed by atoms with van der Waals surface area (Å²) in [6, 6.07) is 8.41. The summed E-state index contributed by atoms with van der Waals surface area (Å²) in [7, 11) is 0. The minimum Gasteiger partial charge on any atom is -0.508 e. The number of piperazine rings is 1. The lowest BCUT2D eigenvalue weighted by atomic mass is 9.91. The molecular formula is C18H28N2O3. The quantitative estimate of drug-likeness (QED) is 0.820. The fourth-order valence-electron chi connectivity index (χ4n) is 3.75. The molecule has 5 heteroatoms. The molecule has 1 aromatic rings. The highest BCUT2D eigenvalue weighted by Gasteiger charge is 2.35. The molecule has 0 bridgehead atoms. The average Bonchev–Trinajstić information content (AvgIpc) is 2.88. The third-order valence-corrected chi connectivity index (χ3v) is 4.97. The molecule has 1 aliphatic heterocycles. The van der Waals surface area contributed by atoms with Crippen molar-refractivity contribution in [3.8, 4) is 5.75 Å². The fourth-order valence-corrected chi connectivity index (χ4v) is 3.75. The predicted octanol–water partition coefficient (Wildman–Crippen LogP) is 2.79. The van der Waals surface area contributed by atoms with Crippen molar-refractivity contribution in [3.05, 3.63) is 24.3 Å². The van der Waals surface area contributed by atoms with Gasteiger partial charge in [-0.15, -0.1) is 0 Å². The van der Waals surface area contributed by atoms with Gasteiger partial charge in [-0.2, -0.15) is 0 Å². The second-order valence-corrected chi connectivity index (χ2v) is 7.21. The van der Waals surface area contributed by atoms with Crippen LogP contribution in [0.1, 0.15) is 33.1 Å². The van der Waals surface area contributed by atoms with Crippen LogP contribution >= 0.6 is 0 Å². The molecule has 0 spiro atoms. The van der Waals surface area contributed by atoms with E-state index in [4.69, 9.17) is 9.90 Å². The molecule has 1 saturated heterocycles. The summed E-state index contributed by atoms with van der Waals surface area (Å²) in [5, 5.41) is 16.5. The van der Waals surface area contributed by atoms with Crippen LogP contribution in [0.15, 0.2) is 24.3 Å². The molecule has 0 amide bonds. The third-order valence-electron chi connectivity index (χ3n) is 4.97. The molecule has 1 atom stereocenters. The lowest BCUT2D eigenvalue weighted by molar-refractivity contribution is -0.122. The Balaban J connectivity index is 0.000000595. The maximum absolute atomic E-state index is 9.59. The van der Waals surface area contributed by atoms with Crippen LogP contribution < -0.4 is 4.90 Å². The van der Waals surface area contributed by atoms with Crippen LogP contribution in [-0.4, -0.2) is 53.8 Å². The number of carboxylic acid groups (broad SMARTS) is 1. The smallest absolute Gasteiger partial charge is 0.290 e. The maximum atomic E-state index is 9.59. The third kappa shape index (κ3) is 4.86. The van der Waals surface area contributed by atoms with Crippen molar-refractivity contribution in [3.63, 3.8) is 0 Å². The molecule has 1 heterocycles. The van der Waals surface area contributed by atoms with Crippen molar-refractivity contribution < 1.29 is 15.0 Å². The van der Waals surface area contributed by atoms with Crippen molar-refractivity contribution in [2.24, 2.45) is 5.41 Å². The van der Waals surface area contributed by atoms with Crippen LogP contribution in [0, 0.1) is 5.41 Å². The number of nitrogens with zero attached hydrogens (tertiary/aromatic N) is 2. The summed E-state index contributed by atoms with van der Waals surface area (Å²) in [4.78, 5) is 13.4. The van der Waals surface area contributed by atoms with Crippen LogP contribution in [0.3, 0.4) is 0 Å². The Bertz CT molecular complexity index is 511. The zero-order valence-electron chi connectivity index (χ0n) is 14.1. The van der Waals surface area contributed by atoms with E-state index in [1.54, 1.807) is 6.07 Å². The first-order valence-electron chi connectivity index (χ1n) is 8.31. The zero-order valence-corrected chi connectivity index (χ0v) is 14.1. The Morgan fingerprint density at radius 2 is 1.87 bits per heavy atom. The predicted molar refractivity (Wildman–Crippen MR) is 92.0 cm³/mol. The van der Waals surface area contributed by atoms with Gasteiger partial charge in [-0.1, -0.05) is 19.9 Å². The summed E-state index contributed by atoms with van der Waals surface area (Å²) >= 11 is 0. The summed E-state index contributed by atoms with van der Waals surface area (Å²) in [5.74, 6) is 0.363. The molecule has 1 unspecified atom stereocenters. The topological polar surface area (TPSA) is 64.0 Å². The summed E-state index contributed by atoms with van der Waals surface area (Å²) in [5.41, 5.74) is 1.68. The minimum absolute atomic E-state index is 0.250.